The highest BCUT2D eigenvalue weighted by Gasteiger charge is 2.45. The van der Waals surface area contributed by atoms with Gasteiger partial charge in [0.15, 0.2) is 0 Å². The average Bonchev–Trinajstić information content (AvgIpc) is 2.87. The van der Waals surface area contributed by atoms with Crippen molar-refractivity contribution in [2.45, 2.75) is 34.1 Å². The SMILES string of the molecule is Cc1ccc(N(C)C(=O)C2(C(C)C)CCNC2)c(C)c1. The molecule has 20 heavy (non-hydrogen) atoms. The molecule has 2 rings (SSSR count). The molecular weight excluding hydrogens is 248 g/mol. The zero-order valence-electron chi connectivity index (χ0n) is 13.3. The van der Waals surface area contributed by atoms with Crippen LogP contribution < -0.4 is 10.2 Å². The predicted octanol–water partition coefficient (Wildman–Crippen LogP) is 2.90. The first-order chi connectivity index (χ1) is 9.38. The van der Waals surface area contributed by atoms with Crippen molar-refractivity contribution in [3.8, 4) is 0 Å². The van der Waals surface area contributed by atoms with Crippen molar-refractivity contribution in [2.75, 3.05) is 25.0 Å². The van der Waals surface area contributed by atoms with E-state index in [4.69, 9.17) is 0 Å². The normalized spacial score (nSPS) is 22.3. The van der Waals surface area contributed by atoms with E-state index in [2.05, 4.69) is 51.2 Å². The van der Waals surface area contributed by atoms with Crippen LogP contribution in [-0.4, -0.2) is 26.0 Å². The van der Waals surface area contributed by atoms with Crippen molar-refractivity contribution in [3.63, 3.8) is 0 Å². The molecule has 0 bridgehead atoms. The number of anilines is 1. The average molecular weight is 274 g/mol. The van der Waals surface area contributed by atoms with Crippen molar-refractivity contribution < 1.29 is 4.79 Å². The molecule has 1 aliphatic heterocycles. The lowest BCUT2D eigenvalue weighted by atomic mass is 9.75. The van der Waals surface area contributed by atoms with Gasteiger partial charge in [-0.3, -0.25) is 4.79 Å². The van der Waals surface area contributed by atoms with Crippen LogP contribution in [0.5, 0.6) is 0 Å². The second-order valence-electron chi connectivity index (χ2n) is 6.39. The van der Waals surface area contributed by atoms with E-state index in [1.165, 1.54) is 5.56 Å². The zero-order valence-corrected chi connectivity index (χ0v) is 13.3. The van der Waals surface area contributed by atoms with E-state index >= 15 is 0 Å². The zero-order chi connectivity index (χ0) is 14.9. The molecule has 0 aliphatic carbocycles. The van der Waals surface area contributed by atoms with E-state index in [1.54, 1.807) is 0 Å². The summed E-state index contributed by atoms with van der Waals surface area (Å²) in [5.74, 6) is 0.586. The van der Waals surface area contributed by atoms with Gasteiger partial charge in [0.2, 0.25) is 5.91 Å². The molecule has 1 saturated heterocycles. The lowest BCUT2D eigenvalue weighted by Gasteiger charge is -2.35. The third-order valence-corrected chi connectivity index (χ3v) is 4.74. The number of nitrogens with one attached hydrogen (secondary N) is 1. The molecule has 110 valence electrons. The fraction of sp³-hybridized carbons (Fsp3) is 0.588. The van der Waals surface area contributed by atoms with Crippen LogP contribution in [-0.2, 0) is 4.79 Å². The summed E-state index contributed by atoms with van der Waals surface area (Å²) in [5.41, 5.74) is 3.15. The molecule has 0 spiro atoms. The summed E-state index contributed by atoms with van der Waals surface area (Å²) in [7, 11) is 1.91. The van der Waals surface area contributed by atoms with Gasteiger partial charge in [-0.25, -0.2) is 0 Å². The number of nitrogens with zero attached hydrogens (tertiary/aromatic N) is 1. The van der Waals surface area contributed by atoms with E-state index in [9.17, 15) is 4.79 Å². The maximum Gasteiger partial charge on any atom is 0.234 e. The van der Waals surface area contributed by atoms with Gasteiger partial charge < -0.3 is 10.2 Å². The summed E-state index contributed by atoms with van der Waals surface area (Å²) in [6, 6.07) is 6.26. The van der Waals surface area contributed by atoms with E-state index < -0.39 is 0 Å². The van der Waals surface area contributed by atoms with Gasteiger partial charge in [-0.05, 0) is 44.4 Å². The minimum Gasteiger partial charge on any atom is -0.316 e. The summed E-state index contributed by atoms with van der Waals surface area (Å²) in [4.78, 5) is 14.9. The number of carbonyl (C=O) groups excluding carboxylic acids is 1. The van der Waals surface area contributed by atoms with Crippen molar-refractivity contribution in [1.82, 2.24) is 5.32 Å². The molecule has 0 aromatic heterocycles. The van der Waals surface area contributed by atoms with E-state index in [1.807, 2.05) is 11.9 Å². The topological polar surface area (TPSA) is 32.3 Å². The highest BCUT2D eigenvalue weighted by molar-refractivity contribution is 5.98. The van der Waals surface area contributed by atoms with Crippen LogP contribution in [0.1, 0.15) is 31.4 Å². The fourth-order valence-electron chi connectivity index (χ4n) is 3.26. The standard InChI is InChI=1S/C17H26N2O/c1-12(2)17(8-9-18-11-17)16(20)19(5)15-7-6-13(3)10-14(15)4/h6-7,10,12,18H,8-9,11H2,1-5H3. The molecular formula is C17H26N2O. The summed E-state index contributed by atoms with van der Waals surface area (Å²) in [5, 5.41) is 3.36. The summed E-state index contributed by atoms with van der Waals surface area (Å²) < 4.78 is 0. The maximum atomic E-state index is 13.0. The number of benzene rings is 1. The first-order valence-electron chi connectivity index (χ1n) is 7.44. The molecule has 1 aromatic rings. The molecule has 3 heteroatoms. The summed E-state index contributed by atoms with van der Waals surface area (Å²) in [6.07, 6.45) is 0.929. The number of hydrogen-bond acceptors (Lipinski definition) is 2. The fourth-order valence-corrected chi connectivity index (χ4v) is 3.26. The Morgan fingerprint density at radius 3 is 2.55 bits per heavy atom. The monoisotopic (exact) mass is 274 g/mol. The molecule has 3 nitrogen and oxygen atoms in total. The minimum atomic E-state index is -0.258. The second-order valence-corrected chi connectivity index (χ2v) is 6.39. The van der Waals surface area contributed by atoms with Gasteiger partial charge in [-0.2, -0.15) is 0 Å². The molecule has 1 unspecified atom stereocenters. The van der Waals surface area contributed by atoms with Crippen molar-refractivity contribution in [3.05, 3.63) is 29.3 Å². The first-order valence-corrected chi connectivity index (χ1v) is 7.44. The van der Waals surface area contributed by atoms with Crippen LogP contribution in [0.3, 0.4) is 0 Å². The third-order valence-electron chi connectivity index (χ3n) is 4.74. The van der Waals surface area contributed by atoms with Crippen LogP contribution >= 0.6 is 0 Å². The molecule has 1 heterocycles. The molecule has 1 atom stereocenters. The Hall–Kier alpha value is -1.35. The van der Waals surface area contributed by atoms with Gasteiger partial charge >= 0.3 is 0 Å². The Bertz CT molecular complexity index is 502. The highest BCUT2D eigenvalue weighted by Crippen LogP contribution is 2.37. The van der Waals surface area contributed by atoms with Crippen LogP contribution in [0.15, 0.2) is 18.2 Å². The maximum absolute atomic E-state index is 13.0. The molecule has 1 amide bonds. The Kier molecular flexibility index (Phi) is 4.19. The Morgan fingerprint density at radius 2 is 2.05 bits per heavy atom. The van der Waals surface area contributed by atoms with Gasteiger partial charge in [0.1, 0.15) is 0 Å². The predicted molar refractivity (Wildman–Crippen MR) is 84.1 cm³/mol. The van der Waals surface area contributed by atoms with Crippen molar-refractivity contribution in [1.29, 1.82) is 0 Å². The Balaban J connectivity index is 2.32. The number of rotatable bonds is 3. The highest BCUT2D eigenvalue weighted by atomic mass is 16.2. The van der Waals surface area contributed by atoms with Crippen LogP contribution in [0.2, 0.25) is 0 Å². The Labute approximate surface area is 122 Å². The molecule has 0 radical (unpaired) electrons. The van der Waals surface area contributed by atoms with Gasteiger partial charge in [-0.1, -0.05) is 31.5 Å². The molecule has 1 aliphatic rings. The van der Waals surface area contributed by atoms with Gasteiger partial charge in [0.25, 0.3) is 0 Å². The van der Waals surface area contributed by atoms with Crippen molar-refractivity contribution >= 4 is 11.6 Å². The number of amides is 1. The largest absolute Gasteiger partial charge is 0.316 e. The van der Waals surface area contributed by atoms with Crippen LogP contribution in [0.25, 0.3) is 0 Å². The second kappa shape index (κ2) is 5.57. The first kappa shape index (κ1) is 15.0. The number of carbonyl (C=O) groups is 1. The molecule has 1 aromatic carbocycles. The number of hydrogen-bond donors (Lipinski definition) is 1. The van der Waals surface area contributed by atoms with Gasteiger partial charge in [0, 0.05) is 19.3 Å². The quantitative estimate of drug-likeness (QED) is 0.919. The van der Waals surface area contributed by atoms with Gasteiger partial charge in [0.05, 0.1) is 5.41 Å². The minimum absolute atomic E-state index is 0.240. The molecule has 0 saturated carbocycles. The van der Waals surface area contributed by atoms with Gasteiger partial charge in [-0.15, -0.1) is 0 Å². The van der Waals surface area contributed by atoms with Crippen molar-refractivity contribution in [2.24, 2.45) is 11.3 Å². The summed E-state index contributed by atoms with van der Waals surface area (Å²) >= 11 is 0. The molecule has 1 N–H and O–H groups in total. The third kappa shape index (κ3) is 2.47. The van der Waals surface area contributed by atoms with E-state index in [0.29, 0.717) is 5.92 Å². The van der Waals surface area contributed by atoms with Crippen LogP contribution in [0.4, 0.5) is 5.69 Å². The van der Waals surface area contributed by atoms with E-state index in [-0.39, 0.29) is 11.3 Å². The number of aryl methyl sites for hydroxylation is 2. The van der Waals surface area contributed by atoms with E-state index in [0.717, 1.165) is 30.8 Å². The summed E-state index contributed by atoms with van der Waals surface area (Å²) in [6.45, 7) is 10.2. The Morgan fingerprint density at radius 1 is 1.35 bits per heavy atom. The smallest absolute Gasteiger partial charge is 0.234 e. The lowest BCUT2D eigenvalue weighted by molar-refractivity contribution is -0.129. The van der Waals surface area contributed by atoms with Crippen LogP contribution in [0, 0.1) is 25.2 Å². The molecule has 1 fully saturated rings. The lowest BCUT2D eigenvalue weighted by Crippen LogP contribution is -2.47.